The highest BCUT2D eigenvalue weighted by molar-refractivity contribution is 6.17. The maximum Gasteiger partial charge on any atom is 0.196 e. The molecule has 6 heteroatoms. The van der Waals surface area contributed by atoms with Gasteiger partial charge in [-0.1, -0.05) is 35.9 Å². The van der Waals surface area contributed by atoms with E-state index in [1.54, 1.807) is 32.5 Å². The zero-order valence-electron chi connectivity index (χ0n) is 20.6. The van der Waals surface area contributed by atoms with Crippen molar-refractivity contribution in [3.63, 3.8) is 0 Å². The van der Waals surface area contributed by atoms with Gasteiger partial charge in [-0.2, -0.15) is 0 Å². The van der Waals surface area contributed by atoms with Crippen LogP contribution in [-0.4, -0.2) is 30.9 Å². The summed E-state index contributed by atoms with van der Waals surface area (Å²) >= 11 is 5.90. The summed E-state index contributed by atoms with van der Waals surface area (Å²) in [6.45, 7) is 1.97. The van der Waals surface area contributed by atoms with Crippen molar-refractivity contribution < 1.29 is 19.0 Å². The van der Waals surface area contributed by atoms with Crippen molar-refractivity contribution >= 4 is 28.3 Å². The molecule has 2 unspecified atom stereocenters. The summed E-state index contributed by atoms with van der Waals surface area (Å²) in [6.07, 6.45) is 3.89. The molecule has 0 N–H and O–H groups in total. The molecule has 0 amide bonds. The maximum atomic E-state index is 13.6. The van der Waals surface area contributed by atoms with Crippen LogP contribution < -0.4 is 14.2 Å². The molecule has 1 saturated carbocycles. The first-order valence-corrected chi connectivity index (χ1v) is 12.6. The van der Waals surface area contributed by atoms with Crippen molar-refractivity contribution in [3.05, 3.63) is 89.1 Å². The summed E-state index contributed by atoms with van der Waals surface area (Å²) in [4.78, 5) is 18.0. The van der Waals surface area contributed by atoms with Gasteiger partial charge in [0.2, 0.25) is 0 Å². The van der Waals surface area contributed by atoms with E-state index in [1.165, 1.54) is 12.0 Å². The minimum Gasteiger partial charge on any atom is -0.493 e. The van der Waals surface area contributed by atoms with Gasteiger partial charge in [0.25, 0.3) is 0 Å². The SMILES string of the molecule is COc1cc2nccc(Oc3ccc(C)cc3C(=O)c3ccc(C4CC4CCCl)cc3)c2cc1OC. The maximum absolute atomic E-state index is 13.6. The molecule has 36 heavy (non-hydrogen) atoms. The van der Waals surface area contributed by atoms with E-state index in [4.69, 9.17) is 25.8 Å². The smallest absolute Gasteiger partial charge is 0.196 e. The second kappa shape index (κ2) is 10.2. The number of carbonyl (C=O) groups is 1. The van der Waals surface area contributed by atoms with Crippen molar-refractivity contribution in [3.8, 4) is 23.0 Å². The van der Waals surface area contributed by atoms with Crippen LogP contribution in [0.4, 0.5) is 0 Å². The van der Waals surface area contributed by atoms with Crippen LogP contribution in [0, 0.1) is 12.8 Å². The number of fused-ring (bicyclic) bond motifs is 1. The van der Waals surface area contributed by atoms with E-state index in [9.17, 15) is 4.79 Å². The highest BCUT2D eigenvalue weighted by atomic mass is 35.5. The highest BCUT2D eigenvalue weighted by Gasteiger charge is 2.37. The van der Waals surface area contributed by atoms with E-state index in [2.05, 4.69) is 17.1 Å². The van der Waals surface area contributed by atoms with Gasteiger partial charge < -0.3 is 14.2 Å². The summed E-state index contributed by atoms with van der Waals surface area (Å²) in [5, 5.41) is 0.759. The summed E-state index contributed by atoms with van der Waals surface area (Å²) < 4.78 is 17.2. The van der Waals surface area contributed by atoms with E-state index in [1.807, 2.05) is 43.3 Å². The highest BCUT2D eigenvalue weighted by Crippen LogP contribution is 2.49. The largest absolute Gasteiger partial charge is 0.493 e. The Labute approximate surface area is 216 Å². The molecule has 1 aliphatic carbocycles. The Morgan fingerprint density at radius 3 is 2.42 bits per heavy atom. The van der Waals surface area contributed by atoms with E-state index >= 15 is 0 Å². The number of aromatic nitrogens is 1. The van der Waals surface area contributed by atoms with E-state index < -0.39 is 0 Å². The summed E-state index contributed by atoms with van der Waals surface area (Å²) in [7, 11) is 3.17. The van der Waals surface area contributed by atoms with Gasteiger partial charge in [-0.3, -0.25) is 9.78 Å². The van der Waals surface area contributed by atoms with Gasteiger partial charge in [0, 0.05) is 29.1 Å². The quantitative estimate of drug-likeness (QED) is 0.178. The van der Waals surface area contributed by atoms with E-state index in [0.717, 1.165) is 17.4 Å². The number of methoxy groups -OCH3 is 2. The Morgan fingerprint density at radius 1 is 0.944 bits per heavy atom. The van der Waals surface area contributed by atoms with Crippen molar-refractivity contribution in [2.75, 3.05) is 20.1 Å². The number of halogens is 1. The van der Waals surface area contributed by atoms with Crippen molar-refractivity contribution in [2.24, 2.45) is 5.92 Å². The van der Waals surface area contributed by atoms with Crippen LogP contribution in [0.15, 0.2) is 66.9 Å². The Hall–Kier alpha value is -3.57. The van der Waals surface area contributed by atoms with Gasteiger partial charge >= 0.3 is 0 Å². The number of benzene rings is 3. The van der Waals surface area contributed by atoms with Crippen LogP contribution >= 0.6 is 11.6 Å². The van der Waals surface area contributed by atoms with Gasteiger partial charge in [0.1, 0.15) is 11.5 Å². The molecule has 0 saturated heterocycles. The molecular weight excluding hydrogens is 474 g/mol. The standard InChI is InChI=1S/C30H28ClNO4/c1-18-4-9-26(36-27-11-13-32-25-17-29(35-3)28(34-2)16-23(25)27)24(14-18)30(33)20-7-5-19(6-8-20)22-15-21(22)10-12-31/h4-9,11,13-14,16-17,21-22H,10,12,15H2,1-3H3. The molecule has 1 aliphatic rings. The van der Waals surface area contributed by atoms with Gasteiger partial charge in [0.05, 0.1) is 25.3 Å². The van der Waals surface area contributed by atoms with Crippen molar-refractivity contribution in [1.29, 1.82) is 0 Å². The molecule has 0 radical (unpaired) electrons. The third kappa shape index (κ3) is 4.76. The number of ketones is 1. The molecule has 1 fully saturated rings. The zero-order valence-corrected chi connectivity index (χ0v) is 21.3. The third-order valence-electron chi connectivity index (χ3n) is 6.81. The topological polar surface area (TPSA) is 57.7 Å². The number of carbonyl (C=O) groups excluding carboxylic acids is 1. The third-order valence-corrected chi connectivity index (χ3v) is 7.03. The Bertz CT molecular complexity index is 1420. The Morgan fingerprint density at radius 2 is 1.69 bits per heavy atom. The molecule has 5 rings (SSSR count). The van der Waals surface area contributed by atoms with Gasteiger partial charge in [-0.15, -0.1) is 11.6 Å². The molecule has 0 spiro atoms. The average Bonchev–Trinajstić information content (AvgIpc) is 3.68. The number of hydrogen-bond donors (Lipinski definition) is 0. The molecule has 3 aromatic carbocycles. The normalized spacial score (nSPS) is 16.6. The monoisotopic (exact) mass is 501 g/mol. The minimum absolute atomic E-state index is 0.0778. The lowest BCUT2D eigenvalue weighted by atomic mass is 9.98. The summed E-state index contributed by atoms with van der Waals surface area (Å²) in [5.41, 5.74) is 4.10. The Balaban J connectivity index is 1.46. The second-order valence-corrected chi connectivity index (χ2v) is 9.54. The lowest BCUT2D eigenvalue weighted by molar-refractivity contribution is 0.103. The van der Waals surface area contributed by atoms with Crippen molar-refractivity contribution in [1.82, 2.24) is 4.98 Å². The van der Waals surface area contributed by atoms with Gasteiger partial charge in [-0.25, -0.2) is 0 Å². The fraction of sp³-hybridized carbons (Fsp3) is 0.267. The van der Waals surface area contributed by atoms with Crippen LogP contribution in [-0.2, 0) is 0 Å². The average molecular weight is 502 g/mol. The molecule has 184 valence electrons. The van der Waals surface area contributed by atoms with Crippen molar-refractivity contribution in [2.45, 2.75) is 25.7 Å². The number of alkyl halides is 1. The second-order valence-electron chi connectivity index (χ2n) is 9.17. The van der Waals surface area contributed by atoms with Crippen LogP contribution in [0.2, 0.25) is 0 Å². The molecule has 0 aliphatic heterocycles. The number of ether oxygens (including phenoxy) is 3. The Kier molecular flexibility index (Phi) is 6.84. The lowest BCUT2D eigenvalue weighted by Crippen LogP contribution is -2.05. The van der Waals surface area contributed by atoms with E-state index in [0.29, 0.717) is 57.4 Å². The van der Waals surface area contributed by atoms with Crippen LogP contribution in [0.5, 0.6) is 23.0 Å². The molecule has 4 aromatic rings. The van der Waals surface area contributed by atoms with Gasteiger partial charge in [0.15, 0.2) is 17.3 Å². The van der Waals surface area contributed by atoms with Crippen LogP contribution in [0.25, 0.3) is 10.9 Å². The molecule has 1 aromatic heterocycles. The number of pyridine rings is 1. The first-order chi connectivity index (χ1) is 17.5. The number of aryl methyl sites for hydroxylation is 1. The fourth-order valence-electron chi connectivity index (χ4n) is 4.72. The van der Waals surface area contributed by atoms with E-state index in [-0.39, 0.29) is 5.78 Å². The first kappa shape index (κ1) is 24.1. The number of nitrogens with zero attached hydrogens (tertiary/aromatic N) is 1. The zero-order chi connectivity index (χ0) is 25.2. The molecular formula is C30H28ClNO4. The summed E-state index contributed by atoms with van der Waals surface area (Å²) in [6, 6.07) is 19.0. The number of rotatable bonds is 9. The van der Waals surface area contributed by atoms with Gasteiger partial charge in [-0.05, 0) is 61.4 Å². The molecule has 1 heterocycles. The fourth-order valence-corrected chi connectivity index (χ4v) is 5.00. The molecule has 0 bridgehead atoms. The first-order valence-electron chi connectivity index (χ1n) is 12.0. The molecule has 5 nitrogen and oxygen atoms in total. The minimum atomic E-state index is -0.0778. The van der Waals surface area contributed by atoms with Crippen LogP contribution in [0.1, 0.15) is 45.8 Å². The molecule has 2 atom stereocenters. The van der Waals surface area contributed by atoms with Crippen LogP contribution in [0.3, 0.4) is 0 Å². The lowest BCUT2D eigenvalue weighted by Gasteiger charge is -2.15. The predicted molar refractivity (Wildman–Crippen MR) is 142 cm³/mol. The number of hydrogen-bond acceptors (Lipinski definition) is 5. The summed E-state index contributed by atoms with van der Waals surface area (Å²) in [5.74, 6) is 4.06. The predicted octanol–water partition coefficient (Wildman–Crippen LogP) is 7.32.